The SMILES string of the molecule is CC1(CNCCC(F)(F)F)COCC1N. The molecule has 1 heterocycles. The molecule has 3 N–H and O–H groups in total. The fraction of sp³-hybridized carbons (Fsp3) is 1.00. The van der Waals surface area contributed by atoms with Crippen LogP contribution in [0.4, 0.5) is 13.2 Å². The zero-order valence-electron chi connectivity index (χ0n) is 8.73. The van der Waals surface area contributed by atoms with Crippen molar-refractivity contribution in [3.8, 4) is 0 Å². The second kappa shape index (κ2) is 4.67. The van der Waals surface area contributed by atoms with Gasteiger partial charge in [-0.3, -0.25) is 0 Å². The molecule has 0 spiro atoms. The van der Waals surface area contributed by atoms with Gasteiger partial charge in [-0.15, -0.1) is 0 Å². The van der Waals surface area contributed by atoms with Crippen LogP contribution in [0.2, 0.25) is 0 Å². The Bertz CT molecular complexity index is 210. The van der Waals surface area contributed by atoms with E-state index in [0.29, 0.717) is 19.8 Å². The predicted molar refractivity (Wildman–Crippen MR) is 50.4 cm³/mol. The Morgan fingerprint density at radius 3 is 2.67 bits per heavy atom. The molecule has 1 fully saturated rings. The van der Waals surface area contributed by atoms with Crippen molar-refractivity contribution in [3.63, 3.8) is 0 Å². The fourth-order valence-electron chi connectivity index (χ4n) is 1.51. The second-order valence-corrected chi connectivity index (χ2v) is 4.32. The number of ether oxygens (including phenoxy) is 1. The average molecular weight is 226 g/mol. The van der Waals surface area contributed by atoms with E-state index < -0.39 is 12.6 Å². The molecule has 0 radical (unpaired) electrons. The Labute approximate surface area is 87.2 Å². The van der Waals surface area contributed by atoms with Gasteiger partial charge >= 0.3 is 6.18 Å². The number of halogens is 3. The van der Waals surface area contributed by atoms with E-state index in [1.54, 1.807) is 0 Å². The topological polar surface area (TPSA) is 47.3 Å². The Balaban J connectivity index is 2.20. The number of alkyl halides is 3. The normalized spacial score (nSPS) is 32.2. The quantitative estimate of drug-likeness (QED) is 0.700. The van der Waals surface area contributed by atoms with E-state index in [-0.39, 0.29) is 18.0 Å². The standard InChI is InChI=1S/C9H17F3N2O/c1-8(6-15-4-7(8)13)5-14-3-2-9(10,11)12/h7,14H,2-6,13H2,1H3. The van der Waals surface area contributed by atoms with Crippen LogP contribution in [0.25, 0.3) is 0 Å². The van der Waals surface area contributed by atoms with Gasteiger partial charge < -0.3 is 15.8 Å². The lowest BCUT2D eigenvalue weighted by molar-refractivity contribution is -0.133. The third-order valence-electron chi connectivity index (χ3n) is 2.74. The molecule has 1 rings (SSSR count). The van der Waals surface area contributed by atoms with Gasteiger partial charge in [0.1, 0.15) is 0 Å². The lowest BCUT2D eigenvalue weighted by Crippen LogP contribution is -2.45. The highest BCUT2D eigenvalue weighted by molar-refractivity contribution is 4.91. The van der Waals surface area contributed by atoms with E-state index in [0.717, 1.165) is 0 Å². The molecule has 0 aromatic rings. The molecule has 1 aliphatic rings. The molecule has 0 saturated carbocycles. The maximum Gasteiger partial charge on any atom is 0.390 e. The lowest BCUT2D eigenvalue weighted by Gasteiger charge is -2.27. The van der Waals surface area contributed by atoms with Crippen molar-refractivity contribution in [2.75, 3.05) is 26.3 Å². The zero-order chi connectivity index (χ0) is 11.5. The maximum atomic E-state index is 11.8. The molecule has 90 valence electrons. The third kappa shape index (κ3) is 3.96. The van der Waals surface area contributed by atoms with Gasteiger partial charge in [0.25, 0.3) is 0 Å². The summed E-state index contributed by atoms with van der Waals surface area (Å²) in [5.74, 6) is 0. The molecule has 0 aromatic carbocycles. The van der Waals surface area contributed by atoms with Crippen LogP contribution in [0.1, 0.15) is 13.3 Å². The van der Waals surface area contributed by atoms with E-state index >= 15 is 0 Å². The van der Waals surface area contributed by atoms with Gasteiger partial charge in [-0.05, 0) is 0 Å². The van der Waals surface area contributed by atoms with Gasteiger partial charge in [0.15, 0.2) is 0 Å². The minimum atomic E-state index is -4.10. The molecular weight excluding hydrogens is 209 g/mol. The van der Waals surface area contributed by atoms with Crippen molar-refractivity contribution in [1.82, 2.24) is 5.32 Å². The Hall–Kier alpha value is -0.330. The zero-order valence-corrected chi connectivity index (χ0v) is 8.73. The number of hydrogen-bond acceptors (Lipinski definition) is 3. The number of rotatable bonds is 4. The molecule has 0 bridgehead atoms. The molecule has 0 aliphatic carbocycles. The molecule has 1 saturated heterocycles. The van der Waals surface area contributed by atoms with Crippen molar-refractivity contribution >= 4 is 0 Å². The first-order valence-electron chi connectivity index (χ1n) is 4.94. The van der Waals surface area contributed by atoms with Gasteiger partial charge in [-0.2, -0.15) is 13.2 Å². The highest BCUT2D eigenvalue weighted by Gasteiger charge is 2.37. The fourth-order valence-corrected chi connectivity index (χ4v) is 1.51. The van der Waals surface area contributed by atoms with Gasteiger partial charge in [-0.1, -0.05) is 6.92 Å². The summed E-state index contributed by atoms with van der Waals surface area (Å²) in [7, 11) is 0. The van der Waals surface area contributed by atoms with Gasteiger partial charge in [-0.25, -0.2) is 0 Å². The molecule has 0 amide bonds. The van der Waals surface area contributed by atoms with E-state index in [1.165, 1.54) is 0 Å². The van der Waals surface area contributed by atoms with Crippen molar-refractivity contribution in [3.05, 3.63) is 0 Å². The summed E-state index contributed by atoms with van der Waals surface area (Å²) >= 11 is 0. The van der Waals surface area contributed by atoms with E-state index in [4.69, 9.17) is 10.5 Å². The summed E-state index contributed by atoms with van der Waals surface area (Å²) in [6, 6.07) is -0.101. The summed E-state index contributed by atoms with van der Waals surface area (Å²) in [5, 5.41) is 2.77. The largest absolute Gasteiger partial charge is 0.390 e. The van der Waals surface area contributed by atoms with E-state index in [1.807, 2.05) is 6.92 Å². The Kier molecular flexibility index (Phi) is 3.97. The minimum absolute atomic E-state index is 0.0637. The van der Waals surface area contributed by atoms with Crippen LogP contribution < -0.4 is 11.1 Å². The van der Waals surface area contributed by atoms with Crippen LogP contribution in [-0.4, -0.2) is 38.5 Å². The average Bonchev–Trinajstić information content (AvgIpc) is 2.41. The molecule has 0 aromatic heterocycles. The first-order valence-corrected chi connectivity index (χ1v) is 4.94. The van der Waals surface area contributed by atoms with Crippen LogP contribution in [0.3, 0.4) is 0 Å². The lowest BCUT2D eigenvalue weighted by atomic mass is 9.86. The van der Waals surface area contributed by atoms with Crippen molar-refractivity contribution < 1.29 is 17.9 Å². The molecule has 2 atom stereocenters. The molecule has 15 heavy (non-hydrogen) atoms. The Morgan fingerprint density at radius 2 is 2.20 bits per heavy atom. The summed E-state index contributed by atoms with van der Waals surface area (Å²) in [5.41, 5.74) is 5.55. The highest BCUT2D eigenvalue weighted by atomic mass is 19.4. The van der Waals surface area contributed by atoms with Crippen molar-refractivity contribution in [2.45, 2.75) is 25.6 Å². The van der Waals surface area contributed by atoms with Crippen molar-refractivity contribution in [1.29, 1.82) is 0 Å². The molecule has 3 nitrogen and oxygen atoms in total. The van der Waals surface area contributed by atoms with Crippen LogP contribution in [0.5, 0.6) is 0 Å². The number of hydrogen-bond donors (Lipinski definition) is 2. The maximum absolute atomic E-state index is 11.8. The number of nitrogens with two attached hydrogens (primary N) is 1. The molecule has 2 unspecified atom stereocenters. The molecule has 1 aliphatic heterocycles. The smallest absolute Gasteiger partial charge is 0.379 e. The predicted octanol–water partition coefficient (Wildman–Crippen LogP) is 0.892. The van der Waals surface area contributed by atoms with Crippen molar-refractivity contribution in [2.24, 2.45) is 11.1 Å². The molecular formula is C9H17F3N2O. The van der Waals surface area contributed by atoms with Crippen LogP contribution in [0, 0.1) is 5.41 Å². The van der Waals surface area contributed by atoms with E-state index in [9.17, 15) is 13.2 Å². The number of nitrogens with one attached hydrogen (secondary N) is 1. The third-order valence-corrected chi connectivity index (χ3v) is 2.74. The molecule has 6 heteroatoms. The van der Waals surface area contributed by atoms with Gasteiger partial charge in [0, 0.05) is 24.5 Å². The summed E-state index contributed by atoms with van der Waals surface area (Å²) in [4.78, 5) is 0. The second-order valence-electron chi connectivity index (χ2n) is 4.32. The monoisotopic (exact) mass is 226 g/mol. The van der Waals surface area contributed by atoms with Gasteiger partial charge in [0.2, 0.25) is 0 Å². The van der Waals surface area contributed by atoms with Gasteiger partial charge in [0.05, 0.1) is 19.6 Å². The minimum Gasteiger partial charge on any atom is -0.379 e. The summed E-state index contributed by atoms with van der Waals surface area (Å²) in [6.45, 7) is 3.31. The van der Waals surface area contributed by atoms with E-state index in [2.05, 4.69) is 5.32 Å². The summed E-state index contributed by atoms with van der Waals surface area (Å²) < 4.78 is 40.7. The Morgan fingerprint density at radius 1 is 1.53 bits per heavy atom. The van der Waals surface area contributed by atoms with Crippen LogP contribution in [-0.2, 0) is 4.74 Å². The first-order chi connectivity index (χ1) is 6.83. The highest BCUT2D eigenvalue weighted by Crippen LogP contribution is 2.26. The first kappa shape index (κ1) is 12.7. The van der Waals surface area contributed by atoms with Crippen LogP contribution in [0.15, 0.2) is 0 Å². The summed E-state index contributed by atoms with van der Waals surface area (Å²) in [6.07, 6.45) is -4.90. The van der Waals surface area contributed by atoms with Crippen LogP contribution >= 0.6 is 0 Å².